The third-order valence-corrected chi connectivity index (χ3v) is 5.99. The molecular weight excluding hydrogens is 392 g/mol. The molecule has 0 aliphatic carbocycles. The quantitative estimate of drug-likeness (QED) is 0.572. The Hall–Kier alpha value is -2.99. The van der Waals surface area contributed by atoms with Crippen LogP contribution in [-0.4, -0.2) is 37.3 Å². The molecule has 0 unspecified atom stereocenters. The number of hydrogen-bond acceptors (Lipinski definition) is 6. The van der Waals surface area contributed by atoms with Gasteiger partial charge in [-0.15, -0.1) is 0 Å². The van der Waals surface area contributed by atoms with Crippen LogP contribution >= 0.6 is 0 Å². The lowest BCUT2D eigenvalue weighted by atomic mass is 10.0. The van der Waals surface area contributed by atoms with E-state index in [2.05, 4.69) is 24.8 Å². The van der Waals surface area contributed by atoms with Crippen LogP contribution in [0, 0.1) is 20.8 Å². The van der Waals surface area contributed by atoms with Crippen LogP contribution in [0.5, 0.6) is 17.2 Å². The average Bonchev–Trinajstić information content (AvgIpc) is 3.11. The molecule has 0 spiro atoms. The number of nitrogens with zero attached hydrogens (tertiary/aromatic N) is 2. The summed E-state index contributed by atoms with van der Waals surface area (Å²) in [6.45, 7) is 9.21. The number of aryl methyl sites for hydroxylation is 1. The third kappa shape index (κ3) is 4.26. The standard InChI is InChI=1S/C25H30N2O4/c1-16-17(2)22(28-4)11-10-20(16)25-26-21(18(3)31-25)15-27-12-7-13-30-24-19(14-27)8-6-9-23(24)29-5/h6,8-11H,7,12-15H2,1-5H3. The Labute approximate surface area is 183 Å². The first-order valence-electron chi connectivity index (χ1n) is 10.6. The smallest absolute Gasteiger partial charge is 0.226 e. The van der Waals surface area contributed by atoms with Crippen molar-refractivity contribution < 1.29 is 18.6 Å². The van der Waals surface area contributed by atoms with Gasteiger partial charge in [-0.25, -0.2) is 4.98 Å². The summed E-state index contributed by atoms with van der Waals surface area (Å²) >= 11 is 0. The maximum absolute atomic E-state index is 6.09. The van der Waals surface area contributed by atoms with E-state index in [1.54, 1.807) is 14.2 Å². The van der Waals surface area contributed by atoms with Gasteiger partial charge in [0.1, 0.15) is 11.5 Å². The summed E-state index contributed by atoms with van der Waals surface area (Å²) in [7, 11) is 3.37. The van der Waals surface area contributed by atoms with Crippen LogP contribution in [0.4, 0.5) is 0 Å². The second-order valence-corrected chi connectivity index (χ2v) is 7.95. The number of hydrogen-bond donors (Lipinski definition) is 0. The van der Waals surface area contributed by atoms with Gasteiger partial charge in [0.2, 0.25) is 5.89 Å². The molecule has 4 rings (SSSR count). The Morgan fingerprint density at radius 1 is 1.00 bits per heavy atom. The van der Waals surface area contributed by atoms with Crippen LogP contribution in [0.3, 0.4) is 0 Å². The Morgan fingerprint density at radius 3 is 2.58 bits per heavy atom. The number of benzene rings is 2. The summed E-state index contributed by atoms with van der Waals surface area (Å²) in [6.07, 6.45) is 0.942. The number of rotatable bonds is 5. The van der Waals surface area contributed by atoms with Crippen molar-refractivity contribution in [2.75, 3.05) is 27.4 Å². The molecule has 0 N–H and O–H groups in total. The first kappa shape index (κ1) is 21.2. The fourth-order valence-corrected chi connectivity index (χ4v) is 4.08. The first-order valence-corrected chi connectivity index (χ1v) is 10.6. The predicted octanol–water partition coefficient (Wildman–Crippen LogP) is 5.07. The Balaban J connectivity index is 1.59. The Kier molecular flexibility index (Phi) is 6.18. The number of oxazole rings is 1. The molecule has 164 valence electrons. The van der Waals surface area contributed by atoms with Gasteiger partial charge in [0, 0.05) is 30.8 Å². The van der Waals surface area contributed by atoms with Crippen molar-refractivity contribution in [3.8, 4) is 28.7 Å². The van der Waals surface area contributed by atoms with E-state index in [0.717, 1.165) is 77.0 Å². The molecule has 0 atom stereocenters. The van der Waals surface area contributed by atoms with Crippen molar-refractivity contribution in [1.82, 2.24) is 9.88 Å². The monoisotopic (exact) mass is 422 g/mol. The van der Waals surface area contributed by atoms with E-state index in [4.69, 9.17) is 23.6 Å². The van der Waals surface area contributed by atoms with Crippen LogP contribution in [0.1, 0.15) is 34.6 Å². The SMILES string of the molecule is COc1ccc(-c2nc(CN3CCCOc4c(cccc4OC)C3)c(C)o2)c(C)c1C. The summed E-state index contributed by atoms with van der Waals surface area (Å²) in [5.74, 6) is 4.02. The first-order chi connectivity index (χ1) is 15.0. The molecule has 0 bridgehead atoms. The van der Waals surface area contributed by atoms with Gasteiger partial charge in [-0.1, -0.05) is 12.1 Å². The van der Waals surface area contributed by atoms with Crippen molar-refractivity contribution in [3.63, 3.8) is 0 Å². The molecule has 1 aliphatic heterocycles. The lowest BCUT2D eigenvalue weighted by Gasteiger charge is -2.26. The highest BCUT2D eigenvalue weighted by Gasteiger charge is 2.21. The van der Waals surface area contributed by atoms with Gasteiger partial charge in [-0.3, -0.25) is 4.90 Å². The molecule has 3 aromatic rings. The van der Waals surface area contributed by atoms with Crippen molar-refractivity contribution in [2.24, 2.45) is 0 Å². The highest BCUT2D eigenvalue weighted by atomic mass is 16.5. The summed E-state index contributed by atoms with van der Waals surface area (Å²) in [5.41, 5.74) is 5.32. The Morgan fingerprint density at radius 2 is 1.81 bits per heavy atom. The predicted molar refractivity (Wildman–Crippen MR) is 120 cm³/mol. The van der Waals surface area contributed by atoms with Crippen molar-refractivity contribution in [2.45, 2.75) is 40.3 Å². The lowest BCUT2D eigenvalue weighted by molar-refractivity contribution is 0.193. The second kappa shape index (κ2) is 9.02. The number of ether oxygens (including phenoxy) is 3. The summed E-state index contributed by atoms with van der Waals surface area (Å²) in [6, 6.07) is 10.0. The minimum absolute atomic E-state index is 0.660. The molecule has 6 nitrogen and oxygen atoms in total. The van der Waals surface area contributed by atoms with Crippen LogP contribution in [0.2, 0.25) is 0 Å². The van der Waals surface area contributed by atoms with E-state index in [1.807, 2.05) is 31.2 Å². The number of fused-ring (bicyclic) bond motifs is 1. The minimum atomic E-state index is 0.660. The summed E-state index contributed by atoms with van der Waals surface area (Å²) in [5, 5.41) is 0. The second-order valence-electron chi connectivity index (χ2n) is 7.95. The van der Waals surface area contributed by atoms with E-state index in [1.165, 1.54) is 0 Å². The van der Waals surface area contributed by atoms with Crippen molar-refractivity contribution >= 4 is 0 Å². The molecule has 31 heavy (non-hydrogen) atoms. The van der Waals surface area contributed by atoms with Crippen LogP contribution in [0.15, 0.2) is 34.7 Å². The fraction of sp³-hybridized carbons (Fsp3) is 0.400. The third-order valence-electron chi connectivity index (χ3n) is 5.99. The van der Waals surface area contributed by atoms with E-state index in [0.29, 0.717) is 12.5 Å². The van der Waals surface area contributed by atoms with E-state index >= 15 is 0 Å². The fourth-order valence-electron chi connectivity index (χ4n) is 4.08. The number of para-hydroxylation sites is 1. The minimum Gasteiger partial charge on any atom is -0.496 e. The van der Waals surface area contributed by atoms with Crippen LogP contribution < -0.4 is 14.2 Å². The van der Waals surface area contributed by atoms with E-state index < -0.39 is 0 Å². The molecule has 6 heteroatoms. The molecular formula is C25H30N2O4. The zero-order valence-corrected chi connectivity index (χ0v) is 18.9. The summed E-state index contributed by atoms with van der Waals surface area (Å²) in [4.78, 5) is 7.26. The van der Waals surface area contributed by atoms with Crippen LogP contribution in [-0.2, 0) is 13.1 Å². The molecule has 0 saturated heterocycles. The van der Waals surface area contributed by atoms with Gasteiger partial charge in [-0.05, 0) is 56.5 Å². The topological polar surface area (TPSA) is 57.0 Å². The lowest BCUT2D eigenvalue weighted by Crippen LogP contribution is -2.28. The maximum Gasteiger partial charge on any atom is 0.226 e. The van der Waals surface area contributed by atoms with Crippen molar-refractivity contribution in [1.29, 1.82) is 0 Å². The number of methoxy groups -OCH3 is 2. The maximum atomic E-state index is 6.09. The van der Waals surface area contributed by atoms with Gasteiger partial charge in [-0.2, -0.15) is 0 Å². The molecule has 2 aromatic carbocycles. The number of aromatic nitrogens is 1. The van der Waals surface area contributed by atoms with Gasteiger partial charge >= 0.3 is 0 Å². The van der Waals surface area contributed by atoms with Gasteiger partial charge in [0.05, 0.1) is 26.5 Å². The molecule has 0 fully saturated rings. The molecule has 0 amide bonds. The molecule has 1 aliphatic rings. The van der Waals surface area contributed by atoms with Crippen molar-refractivity contribution in [3.05, 3.63) is 58.5 Å². The van der Waals surface area contributed by atoms with Gasteiger partial charge in [0.25, 0.3) is 0 Å². The zero-order valence-electron chi connectivity index (χ0n) is 18.9. The molecule has 1 aromatic heterocycles. The average molecular weight is 423 g/mol. The largest absolute Gasteiger partial charge is 0.496 e. The zero-order chi connectivity index (χ0) is 22.0. The molecule has 2 heterocycles. The normalized spacial score (nSPS) is 14.4. The van der Waals surface area contributed by atoms with Crippen LogP contribution in [0.25, 0.3) is 11.5 Å². The highest BCUT2D eigenvalue weighted by Crippen LogP contribution is 2.34. The molecule has 0 saturated carbocycles. The van der Waals surface area contributed by atoms with E-state index in [-0.39, 0.29) is 0 Å². The molecule has 0 radical (unpaired) electrons. The highest BCUT2D eigenvalue weighted by molar-refractivity contribution is 5.63. The van der Waals surface area contributed by atoms with E-state index in [9.17, 15) is 0 Å². The van der Waals surface area contributed by atoms with Gasteiger partial charge < -0.3 is 18.6 Å². The Bertz CT molecular complexity index is 1070. The summed E-state index contributed by atoms with van der Waals surface area (Å²) < 4.78 is 23.0. The van der Waals surface area contributed by atoms with Gasteiger partial charge in [0.15, 0.2) is 11.5 Å².